The summed E-state index contributed by atoms with van der Waals surface area (Å²) in [5.74, 6) is -0.602. The van der Waals surface area contributed by atoms with Crippen molar-refractivity contribution in [2.45, 2.75) is 30.7 Å². The quantitative estimate of drug-likeness (QED) is 0.577. The van der Waals surface area contributed by atoms with E-state index in [0.717, 1.165) is 0 Å². The van der Waals surface area contributed by atoms with Gasteiger partial charge in [-0.2, -0.15) is 0 Å². The summed E-state index contributed by atoms with van der Waals surface area (Å²) in [4.78, 5) is 25.0. The Balaban J connectivity index is 2.45. The topological polar surface area (TPSA) is 68.1 Å². The number of carbonyl (C=O) groups is 1. The molecule has 2 aromatic rings. The van der Waals surface area contributed by atoms with Crippen molar-refractivity contribution in [2.75, 3.05) is 5.32 Å². The Morgan fingerprint density at radius 1 is 1.15 bits per heavy atom. The smallest absolute Gasteiger partial charge is 0.295 e. The number of hydrogen-bond donors (Lipinski definition) is 2. The van der Waals surface area contributed by atoms with Crippen molar-refractivity contribution >= 4 is 46.4 Å². The van der Waals surface area contributed by atoms with Gasteiger partial charge < -0.3 is 10.6 Å². The number of rotatable bonds is 5. The van der Waals surface area contributed by atoms with Gasteiger partial charge in [0, 0.05) is 13.0 Å². The zero-order chi connectivity index (χ0) is 19.6. The van der Waals surface area contributed by atoms with Crippen LogP contribution < -0.4 is 16.2 Å². The molecule has 0 saturated heterocycles. The number of halogens is 3. The molecule has 1 atom stereocenters. The van der Waals surface area contributed by atoms with Crippen LogP contribution in [0, 0.1) is 12.8 Å². The number of nitrogens with zero attached hydrogens (tertiary/aromatic N) is 2. The standard InChI is InChI=1S/C17H21Cl3N4O2/c1-10(2)14(25)22-16(17(18,19)20)21-13-11(3)23(4)24(15(13)26)12-8-6-5-7-9-12/h5-10,16,21H,1-4H3,(H,22,25). The Bertz CT molecular complexity index is 838. The molecule has 1 unspecified atom stereocenters. The number of aromatic nitrogens is 2. The summed E-state index contributed by atoms with van der Waals surface area (Å²) in [6.07, 6.45) is -1.07. The molecule has 1 aromatic carbocycles. The third kappa shape index (κ3) is 4.37. The molecule has 0 spiro atoms. The summed E-state index contributed by atoms with van der Waals surface area (Å²) < 4.78 is 1.34. The minimum absolute atomic E-state index is 0.247. The maximum Gasteiger partial charge on any atom is 0.295 e. The van der Waals surface area contributed by atoms with E-state index in [4.69, 9.17) is 34.8 Å². The van der Waals surface area contributed by atoms with Gasteiger partial charge in [0.05, 0.1) is 11.4 Å². The molecule has 0 saturated carbocycles. The fraction of sp³-hybridized carbons (Fsp3) is 0.412. The first-order valence-corrected chi connectivity index (χ1v) is 9.15. The van der Waals surface area contributed by atoms with Gasteiger partial charge in [-0.15, -0.1) is 0 Å². The third-order valence-electron chi connectivity index (χ3n) is 3.98. The Hall–Kier alpha value is -1.63. The van der Waals surface area contributed by atoms with Gasteiger partial charge in [-0.1, -0.05) is 66.8 Å². The second kappa shape index (κ2) is 7.94. The number of hydrogen-bond acceptors (Lipinski definition) is 3. The lowest BCUT2D eigenvalue weighted by Gasteiger charge is -2.27. The van der Waals surface area contributed by atoms with Crippen molar-refractivity contribution in [1.29, 1.82) is 0 Å². The highest BCUT2D eigenvalue weighted by atomic mass is 35.6. The maximum absolute atomic E-state index is 12.9. The molecule has 0 fully saturated rings. The fourth-order valence-electron chi connectivity index (χ4n) is 2.39. The molecule has 2 rings (SSSR count). The van der Waals surface area contributed by atoms with Crippen molar-refractivity contribution < 1.29 is 4.79 Å². The molecule has 26 heavy (non-hydrogen) atoms. The van der Waals surface area contributed by atoms with Gasteiger partial charge in [-0.05, 0) is 19.1 Å². The summed E-state index contributed by atoms with van der Waals surface area (Å²) >= 11 is 18.0. The van der Waals surface area contributed by atoms with Crippen LogP contribution in [-0.4, -0.2) is 25.2 Å². The fourth-order valence-corrected chi connectivity index (χ4v) is 2.71. The first kappa shape index (κ1) is 20.7. The van der Waals surface area contributed by atoms with Crippen LogP contribution in [0.15, 0.2) is 35.1 Å². The predicted molar refractivity (Wildman–Crippen MR) is 106 cm³/mol. The molecule has 1 heterocycles. The van der Waals surface area contributed by atoms with Crippen LogP contribution in [0.3, 0.4) is 0 Å². The SMILES string of the molecule is Cc1c(NC(NC(=O)C(C)C)C(Cl)(Cl)Cl)c(=O)n(-c2ccccc2)n1C. The molecular formula is C17H21Cl3N4O2. The lowest BCUT2D eigenvalue weighted by molar-refractivity contribution is -0.124. The lowest BCUT2D eigenvalue weighted by atomic mass is 10.2. The van der Waals surface area contributed by atoms with Crippen LogP contribution in [0.25, 0.3) is 5.69 Å². The van der Waals surface area contributed by atoms with Crippen LogP contribution in [-0.2, 0) is 11.8 Å². The minimum atomic E-state index is -1.85. The van der Waals surface area contributed by atoms with Gasteiger partial charge in [-0.3, -0.25) is 14.3 Å². The highest BCUT2D eigenvalue weighted by Gasteiger charge is 2.36. The zero-order valence-electron chi connectivity index (χ0n) is 14.9. The summed E-state index contributed by atoms with van der Waals surface area (Å²) in [5.41, 5.74) is 1.27. The molecular weight excluding hydrogens is 399 g/mol. The third-order valence-corrected chi connectivity index (χ3v) is 4.64. The van der Waals surface area contributed by atoms with E-state index in [1.165, 1.54) is 4.68 Å². The molecule has 0 aliphatic carbocycles. The number of nitrogens with one attached hydrogen (secondary N) is 2. The molecule has 1 aromatic heterocycles. The molecule has 6 nitrogen and oxygen atoms in total. The molecule has 142 valence electrons. The Kier molecular flexibility index (Phi) is 6.32. The van der Waals surface area contributed by atoms with Crippen LogP contribution in [0.4, 0.5) is 5.69 Å². The largest absolute Gasteiger partial charge is 0.356 e. The van der Waals surface area contributed by atoms with E-state index in [0.29, 0.717) is 11.4 Å². The van der Waals surface area contributed by atoms with Crippen LogP contribution in [0.1, 0.15) is 19.5 Å². The Labute approximate surface area is 167 Å². The number of anilines is 1. The van der Waals surface area contributed by atoms with E-state index < -0.39 is 9.96 Å². The molecule has 9 heteroatoms. The number of alkyl halides is 3. The van der Waals surface area contributed by atoms with E-state index >= 15 is 0 Å². The first-order chi connectivity index (χ1) is 12.0. The van der Waals surface area contributed by atoms with Gasteiger partial charge in [-0.25, -0.2) is 4.68 Å². The second-order valence-corrected chi connectivity index (χ2v) is 8.59. The summed E-state index contributed by atoms with van der Waals surface area (Å²) in [5, 5.41) is 5.51. The van der Waals surface area contributed by atoms with Gasteiger partial charge in [0.25, 0.3) is 5.56 Å². The van der Waals surface area contributed by atoms with E-state index in [9.17, 15) is 9.59 Å². The van der Waals surface area contributed by atoms with Gasteiger partial charge in [0.1, 0.15) is 11.9 Å². The summed E-state index contributed by atoms with van der Waals surface area (Å²) in [6, 6.07) is 9.17. The number of carbonyl (C=O) groups excluding carboxylic acids is 1. The Morgan fingerprint density at radius 2 is 1.73 bits per heavy atom. The van der Waals surface area contributed by atoms with E-state index in [-0.39, 0.29) is 23.1 Å². The van der Waals surface area contributed by atoms with Crippen molar-refractivity contribution in [3.05, 3.63) is 46.4 Å². The second-order valence-electron chi connectivity index (χ2n) is 6.22. The lowest BCUT2D eigenvalue weighted by Crippen LogP contribution is -2.51. The van der Waals surface area contributed by atoms with Crippen molar-refractivity contribution in [3.8, 4) is 5.69 Å². The molecule has 0 aliphatic heterocycles. The van der Waals surface area contributed by atoms with E-state index in [2.05, 4.69) is 10.6 Å². The molecule has 0 aliphatic rings. The van der Waals surface area contributed by atoms with Gasteiger partial charge in [0.2, 0.25) is 9.70 Å². The number of amides is 1. The van der Waals surface area contributed by atoms with Gasteiger partial charge >= 0.3 is 0 Å². The predicted octanol–water partition coefficient (Wildman–Crippen LogP) is 3.36. The zero-order valence-corrected chi connectivity index (χ0v) is 17.2. The number of para-hydroxylation sites is 1. The van der Waals surface area contributed by atoms with Crippen LogP contribution >= 0.6 is 34.8 Å². The highest BCUT2D eigenvalue weighted by molar-refractivity contribution is 6.68. The molecule has 0 radical (unpaired) electrons. The van der Waals surface area contributed by atoms with Crippen molar-refractivity contribution in [2.24, 2.45) is 13.0 Å². The monoisotopic (exact) mass is 418 g/mol. The van der Waals surface area contributed by atoms with E-state index in [1.807, 2.05) is 30.3 Å². The van der Waals surface area contributed by atoms with Crippen LogP contribution in [0.2, 0.25) is 0 Å². The molecule has 1 amide bonds. The van der Waals surface area contributed by atoms with Crippen molar-refractivity contribution in [1.82, 2.24) is 14.7 Å². The van der Waals surface area contributed by atoms with Gasteiger partial charge in [0.15, 0.2) is 0 Å². The average molecular weight is 420 g/mol. The maximum atomic E-state index is 12.9. The Morgan fingerprint density at radius 3 is 2.23 bits per heavy atom. The van der Waals surface area contributed by atoms with Crippen LogP contribution in [0.5, 0.6) is 0 Å². The highest BCUT2D eigenvalue weighted by Crippen LogP contribution is 2.31. The average Bonchev–Trinajstić information content (AvgIpc) is 2.77. The van der Waals surface area contributed by atoms with E-state index in [1.54, 1.807) is 32.5 Å². The molecule has 0 bridgehead atoms. The summed E-state index contributed by atoms with van der Waals surface area (Å²) in [7, 11) is 1.76. The normalized spacial score (nSPS) is 12.9. The first-order valence-electron chi connectivity index (χ1n) is 8.01. The summed E-state index contributed by atoms with van der Waals surface area (Å²) in [6.45, 7) is 5.21. The molecule has 2 N–H and O–H groups in total. The van der Waals surface area contributed by atoms with Crippen molar-refractivity contribution in [3.63, 3.8) is 0 Å². The minimum Gasteiger partial charge on any atom is -0.356 e. The number of benzene rings is 1.